The van der Waals surface area contributed by atoms with E-state index in [2.05, 4.69) is 16.9 Å². The number of likely N-dealkylation sites (tertiary alicyclic amines) is 1. The van der Waals surface area contributed by atoms with Gasteiger partial charge in [0.1, 0.15) is 5.56 Å². The highest BCUT2D eigenvalue weighted by Crippen LogP contribution is 2.53. The van der Waals surface area contributed by atoms with Gasteiger partial charge in [-0.05, 0) is 31.9 Å². The van der Waals surface area contributed by atoms with Crippen LogP contribution in [0.15, 0.2) is 24.9 Å². The number of carbonyl (C=O) groups excluding carboxylic acids is 2. The first-order valence-corrected chi connectivity index (χ1v) is 8.37. The van der Waals surface area contributed by atoms with Crippen LogP contribution in [0.2, 0.25) is 5.02 Å². The second-order valence-corrected chi connectivity index (χ2v) is 6.69. The molecule has 24 heavy (non-hydrogen) atoms. The van der Waals surface area contributed by atoms with Crippen molar-refractivity contribution in [2.24, 2.45) is 5.41 Å². The molecule has 128 valence electrons. The van der Waals surface area contributed by atoms with Crippen LogP contribution >= 0.6 is 11.6 Å². The Bertz CT molecular complexity index is 688. The zero-order valence-corrected chi connectivity index (χ0v) is 14.3. The van der Waals surface area contributed by atoms with Crippen LogP contribution in [-0.2, 0) is 4.79 Å². The predicted molar refractivity (Wildman–Crippen MR) is 90.1 cm³/mol. The summed E-state index contributed by atoms with van der Waals surface area (Å²) in [6.07, 6.45) is 4.73. The Morgan fingerprint density at radius 1 is 1.58 bits per heavy atom. The molecule has 1 atom stereocenters. The van der Waals surface area contributed by atoms with E-state index >= 15 is 0 Å². The van der Waals surface area contributed by atoms with E-state index in [9.17, 15) is 9.59 Å². The lowest BCUT2D eigenvalue weighted by Gasteiger charge is -2.18. The zero-order chi connectivity index (χ0) is 17.3. The van der Waals surface area contributed by atoms with Crippen molar-refractivity contribution in [2.75, 3.05) is 19.7 Å². The van der Waals surface area contributed by atoms with Crippen molar-refractivity contribution in [3.63, 3.8) is 0 Å². The fourth-order valence-corrected chi connectivity index (χ4v) is 3.38. The van der Waals surface area contributed by atoms with E-state index in [0.29, 0.717) is 30.3 Å². The summed E-state index contributed by atoms with van der Waals surface area (Å²) in [5, 5.41) is 3.33. The van der Waals surface area contributed by atoms with Gasteiger partial charge in [-0.25, -0.2) is 4.98 Å². The van der Waals surface area contributed by atoms with E-state index in [1.807, 2.05) is 6.92 Å². The summed E-state index contributed by atoms with van der Waals surface area (Å²) in [7, 11) is 0. The maximum absolute atomic E-state index is 12.9. The summed E-state index contributed by atoms with van der Waals surface area (Å²) in [5.41, 5.74) is 0.349. The largest absolute Gasteiger partial charge is 0.477 e. The molecule has 1 aliphatic carbocycles. The number of hydrogen-bond donors (Lipinski definition) is 1. The van der Waals surface area contributed by atoms with Crippen LogP contribution in [0, 0.1) is 5.41 Å². The number of hydrogen-bond acceptors (Lipinski definition) is 4. The van der Waals surface area contributed by atoms with Gasteiger partial charge in [0.15, 0.2) is 0 Å². The van der Waals surface area contributed by atoms with Gasteiger partial charge in [0.05, 0.1) is 17.7 Å². The third kappa shape index (κ3) is 3.11. The molecule has 1 unspecified atom stereocenters. The van der Waals surface area contributed by atoms with Gasteiger partial charge < -0.3 is 15.0 Å². The molecular weight excluding hydrogens is 330 g/mol. The van der Waals surface area contributed by atoms with E-state index in [-0.39, 0.29) is 29.2 Å². The number of aromatic nitrogens is 1. The Labute approximate surface area is 145 Å². The van der Waals surface area contributed by atoms with Crippen molar-refractivity contribution in [1.29, 1.82) is 0 Å². The molecule has 2 aliphatic rings. The number of rotatable bonds is 5. The van der Waals surface area contributed by atoms with Crippen molar-refractivity contribution >= 4 is 23.4 Å². The molecule has 1 saturated heterocycles. The van der Waals surface area contributed by atoms with Crippen LogP contribution < -0.4 is 10.1 Å². The Morgan fingerprint density at radius 3 is 2.96 bits per heavy atom. The monoisotopic (exact) mass is 349 g/mol. The summed E-state index contributed by atoms with van der Waals surface area (Å²) in [5.74, 6) is -0.0922. The molecule has 1 aliphatic heterocycles. The number of halogens is 1. The zero-order valence-electron chi connectivity index (χ0n) is 13.5. The third-order valence-corrected chi connectivity index (χ3v) is 4.87. The molecule has 0 aromatic carbocycles. The summed E-state index contributed by atoms with van der Waals surface area (Å²) >= 11 is 6.00. The standard InChI is InChI=1S/C17H20ClN3O3/c1-3-14(22)20-13-9-21(10-17(13)5-6-17)16(23)12-7-11(18)8-19-15(12)24-4-2/h3,7-8,13H,1,4-6,9-10H2,2H3,(H,20,22). The minimum Gasteiger partial charge on any atom is -0.477 e. The minimum absolute atomic E-state index is 0.00783. The molecule has 2 fully saturated rings. The van der Waals surface area contributed by atoms with Gasteiger partial charge in [0.2, 0.25) is 11.8 Å². The predicted octanol–water partition coefficient (Wildman–Crippen LogP) is 2.04. The SMILES string of the molecule is C=CC(=O)NC1CN(C(=O)c2cc(Cl)cnc2OCC)CC12CC2. The highest BCUT2D eigenvalue weighted by atomic mass is 35.5. The third-order valence-electron chi connectivity index (χ3n) is 4.66. The molecular formula is C17H20ClN3O3. The van der Waals surface area contributed by atoms with Gasteiger partial charge in [0.25, 0.3) is 5.91 Å². The Hall–Kier alpha value is -2.08. The first-order chi connectivity index (χ1) is 11.5. The number of amides is 2. The maximum Gasteiger partial charge on any atom is 0.259 e. The summed E-state index contributed by atoms with van der Waals surface area (Å²) < 4.78 is 5.45. The van der Waals surface area contributed by atoms with Crippen LogP contribution in [-0.4, -0.2) is 47.4 Å². The summed E-state index contributed by atoms with van der Waals surface area (Å²) in [6, 6.07) is 1.53. The van der Waals surface area contributed by atoms with Gasteiger partial charge in [-0.2, -0.15) is 0 Å². The molecule has 2 amide bonds. The van der Waals surface area contributed by atoms with E-state index in [1.54, 1.807) is 11.0 Å². The van der Waals surface area contributed by atoms with Crippen LogP contribution in [0.25, 0.3) is 0 Å². The quantitative estimate of drug-likeness (QED) is 0.826. The van der Waals surface area contributed by atoms with Crippen molar-refractivity contribution in [3.8, 4) is 5.88 Å². The van der Waals surface area contributed by atoms with Crippen LogP contribution in [0.1, 0.15) is 30.1 Å². The lowest BCUT2D eigenvalue weighted by atomic mass is 10.0. The molecule has 7 heteroatoms. The Kier molecular flexibility index (Phi) is 4.49. The van der Waals surface area contributed by atoms with E-state index in [4.69, 9.17) is 16.3 Å². The summed E-state index contributed by atoms with van der Waals surface area (Å²) in [6.45, 7) is 6.82. The molecule has 1 aromatic rings. The number of nitrogens with zero attached hydrogens (tertiary/aromatic N) is 2. The van der Waals surface area contributed by atoms with Crippen molar-refractivity contribution in [3.05, 3.63) is 35.5 Å². The number of pyridine rings is 1. The summed E-state index contributed by atoms with van der Waals surface area (Å²) in [4.78, 5) is 30.4. The molecule has 0 bridgehead atoms. The highest BCUT2D eigenvalue weighted by Gasteiger charge is 2.56. The van der Waals surface area contributed by atoms with E-state index in [1.165, 1.54) is 12.3 Å². The number of carbonyl (C=O) groups is 2. The lowest BCUT2D eigenvalue weighted by Crippen LogP contribution is -2.41. The van der Waals surface area contributed by atoms with Gasteiger partial charge in [-0.1, -0.05) is 18.2 Å². The first-order valence-electron chi connectivity index (χ1n) is 7.99. The van der Waals surface area contributed by atoms with Crippen LogP contribution in [0.4, 0.5) is 0 Å². The van der Waals surface area contributed by atoms with Crippen molar-refractivity contribution in [2.45, 2.75) is 25.8 Å². The molecule has 6 nitrogen and oxygen atoms in total. The van der Waals surface area contributed by atoms with Gasteiger partial charge in [-0.3, -0.25) is 9.59 Å². The molecule has 2 heterocycles. The van der Waals surface area contributed by atoms with Crippen molar-refractivity contribution < 1.29 is 14.3 Å². The molecule has 1 saturated carbocycles. The lowest BCUT2D eigenvalue weighted by molar-refractivity contribution is -0.117. The Balaban J connectivity index is 1.80. The topological polar surface area (TPSA) is 71.5 Å². The van der Waals surface area contributed by atoms with Gasteiger partial charge in [0, 0.05) is 24.7 Å². The van der Waals surface area contributed by atoms with Crippen LogP contribution in [0.3, 0.4) is 0 Å². The second-order valence-electron chi connectivity index (χ2n) is 6.25. The number of nitrogens with one attached hydrogen (secondary N) is 1. The van der Waals surface area contributed by atoms with Gasteiger partial charge in [-0.15, -0.1) is 0 Å². The molecule has 1 N–H and O–H groups in total. The van der Waals surface area contributed by atoms with Gasteiger partial charge >= 0.3 is 0 Å². The average molecular weight is 350 g/mol. The average Bonchev–Trinajstić information content (AvgIpc) is 3.26. The van der Waals surface area contributed by atoms with E-state index < -0.39 is 0 Å². The fraction of sp³-hybridized carbons (Fsp3) is 0.471. The second kappa shape index (κ2) is 6.43. The van der Waals surface area contributed by atoms with Crippen molar-refractivity contribution in [1.82, 2.24) is 15.2 Å². The minimum atomic E-state index is -0.208. The number of ether oxygens (including phenoxy) is 1. The molecule has 3 rings (SSSR count). The Morgan fingerprint density at radius 2 is 2.33 bits per heavy atom. The normalized spacial score (nSPS) is 20.8. The van der Waals surface area contributed by atoms with E-state index in [0.717, 1.165) is 12.8 Å². The highest BCUT2D eigenvalue weighted by molar-refractivity contribution is 6.30. The smallest absolute Gasteiger partial charge is 0.259 e. The fourth-order valence-electron chi connectivity index (χ4n) is 3.22. The molecule has 1 spiro atoms. The maximum atomic E-state index is 12.9. The molecule has 0 radical (unpaired) electrons. The molecule has 1 aromatic heterocycles. The van der Waals surface area contributed by atoms with Crippen LogP contribution in [0.5, 0.6) is 5.88 Å². The first kappa shape index (κ1) is 16.8.